The molecule has 106 valence electrons. The summed E-state index contributed by atoms with van der Waals surface area (Å²) in [5, 5.41) is 28.6. The Morgan fingerprint density at radius 2 is 2.21 bits per heavy atom. The van der Waals surface area contributed by atoms with Gasteiger partial charge in [0.05, 0.1) is 25.4 Å². The second kappa shape index (κ2) is 5.77. The van der Waals surface area contributed by atoms with Crippen molar-refractivity contribution in [1.82, 2.24) is 0 Å². The average molecular weight is 267 g/mol. The van der Waals surface area contributed by atoms with E-state index in [4.69, 9.17) is 4.74 Å². The van der Waals surface area contributed by atoms with Gasteiger partial charge >= 0.3 is 0 Å². The van der Waals surface area contributed by atoms with Gasteiger partial charge in [-0.05, 0) is 19.9 Å². The monoisotopic (exact) mass is 267 g/mol. The van der Waals surface area contributed by atoms with Gasteiger partial charge in [-0.25, -0.2) is 0 Å². The number of rotatable bonds is 3. The first-order valence-corrected chi connectivity index (χ1v) is 6.53. The number of aromatic hydroxyl groups is 1. The molecule has 3 N–H and O–H groups in total. The molecule has 1 aliphatic heterocycles. The molecule has 1 fully saturated rings. The Bertz CT molecular complexity index is 435. The first-order valence-electron chi connectivity index (χ1n) is 6.53. The van der Waals surface area contributed by atoms with E-state index in [-0.39, 0.29) is 24.5 Å². The van der Waals surface area contributed by atoms with E-state index in [1.807, 2.05) is 13.0 Å². The minimum Gasteiger partial charge on any atom is -0.507 e. The fourth-order valence-electron chi connectivity index (χ4n) is 2.35. The lowest BCUT2D eigenvalue weighted by molar-refractivity contribution is -0.0103. The molecule has 0 saturated carbocycles. The summed E-state index contributed by atoms with van der Waals surface area (Å²) in [4.78, 5) is 2.09. The Kier molecular flexibility index (Phi) is 4.29. The summed E-state index contributed by atoms with van der Waals surface area (Å²) in [7, 11) is 0. The van der Waals surface area contributed by atoms with Crippen molar-refractivity contribution in [3.63, 3.8) is 0 Å². The van der Waals surface area contributed by atoms with Gasteiger partial charge in [0, 0.05) is 29.9 Å². The van der Waals surface area contributed by atoms with E-state index in [0.29, 0.717) is 18.7 Å². The predicted molar refractivity (Wildman–Crippen MR) is 72.4 cm³/mol. The zero-order chi connectivity index (χ0) is 14.0. The Balaban J connectivity index is 2.23. The number of aliphatic hydroxyl groups excluding tert-OH is 2. The fourth-order valence-corrected chi connectivity index (χ4v) is 2.35. The number of phenolic OH excluding ortho intramolecular Hbond substituents is 1. The van der Waals surface area contributed by atoms with Crippen molar-refractivity contribution in [3.05, 3.63) is 23.8 Å². The average Bonchev–Trinajstić information content (AvgIpc) is 2.38. The molecule has 0 spiro atoms. The summed E-state index contributed by atoms with van der Waals surface area (Å²) in [6.07, 6.45) is -0.892. The number of ether oxygens (including phenoxy) is 1. The van der Waals surface area contributed by atoms with Crippen molar-refractivity contribution in [1.29, 1.82) is 0 Å². The van der Waals surface area contributed by atoms with E-state index in [1.165, 1.54) is 0 Å². The van der Waals surface area contributed by atoms with Crippen LogP contribution in [0.1, 0.15) is 25.5 Å². The van der Waals surface area contributed by atoms with Crippen LogP contribution in [0.15, 0.2) is 18.2 Å². The minimum absolute atomic E-state index is 0.0129. The van der Waals surface area contributed by atoms with Crippen molar-refractivity contribution in [2.75, 3.05) is 24.7 Å². The standard InChI is InChI=1S/C14H21NO4/c1-9-8-19-12(7-16)6-15(9)11-3-4-13(10(2)17)14(18)5-11/h3-5,9-10,12,16-18H,6-8H2,1-2H3. The largest absolute Gasteiger partial charge is 0.507 e. The lowest BCUT2D eigenvalue weighted by Gasteiger charge is -2.39. The molecule has 0 bridgehead atoms. The highest BCUT2D eigenvalue weighted by Crippen LogP contribution is 2.31. The van der Waals surface area contributed by atoms with E-state index in [9.17, 15) is 15.3 Å². The van der Waals surface area contributed by atoms with Gasteiger partial charge < -0.3 is 25.0 Å². The van der Waals surface area contributed by atoms with Crippen molar-refractivity contribution in [3.8, 4) is 5.75 Å². The summed E-state index contributed by atoms with van der Waals surface area (Å²) in [6.45, 7) is 4.78. The van der Waals surface area contributed by atoms with E-state index in [2.05, 4.69) is 4.90 Å². The van der Waals surface area contributed by atoms with Gasteiger partial charge in [0.1, 0.15) is 5.75 Å². The van der Waals surface area contributed by atoms with Crippen LogP contribution in [0.5, 0.6) is 5.75 Å². The molecule has 0 radical (unpaired) electrons. The van der Waals surface area contributed by atoms with Crippen molar-refractivity contribution >= 4 is 5.69 Å². The molecule has 2 rings (SSSR count). The van der Waals surface area contributed by atoms with E-state index in [1.54, 1.807) is 19.1 Å². The number of benzene rings is 1. The van der Waals surface area contributed by atoms with Crippen LogP contribution in [-0.4, -0.2) is 47.2 Å². The maximum atomic E-state index is 9.93. The molecule has 1 aromatic carbocycles. The number of anilines is 1. The van der Waals surface area contributed by atoms with Crippen LogP contribution in [0.3, 0.4) is 0 Å². The van der Waals surface area contributed by atoms with Gasteiger partial charge in [-0.15, -0.1) is 0 Å². The maximum absolute atomic E-state index is 9.93. The zero-order valence-corrected chi connectivity index (χ0v) is 11.3. The quantitative estimate of drug-likeness (QED) is 0.763. The third kappa shape index (κ3) is 3.00. The Hall–Kier alpha value is -1.30. The molecule has 3 unspecified atom stereocenters. The van der Waals surface area contributed by atoms with Gasteiger partial charge in [-0.2, -0.15) is 0 Å². The van der Waals surface area contributed by atoms with Crippen LogP contribution >= 0.6 is 0 Å². The molecular weight excluding hydrogens is 246 g/mol. The summed E-state index contributed by atoms with van der Waals surface area (Å²) in [6, 6.07) is 5.43. The number of hydrogen-bond acceptors (Lipinski definition) is 5. The topological polar surface area (TPSA) is 73.2 Å². The molecule has 5 heteroatoms. The Morgan fingerprint density at radius 1 is 1.47 bits per heavy atom. The van der Waals surface area contributed by atoms with Gasteiger partial charge in [0.25, 0.3) is 0 Å². The molecule has 1 aliphatic rings. The van der Waals surface area contributed by atoms with Gasteiger partial charge in [-0.3, -0.25) is 0 Å². The van der Waals surface area contributed by atoms with Gasteiger partial charge in [0.2, 0.25) is 0 Å². The summed E-state index contributed by atoms with van der Waals surface area (Å²) in [5.41, 5.74) is 1.39. The first kappa shape index (κ1) is 14.1. The fraction of sp³-hybridized carbons (Fsp3) is 0.571. The van der Waals surface area contributed by atoms with Crippen LogP contribution in [0, 0.1) is 0 Å². The number of aliphatic hydroxyl groups is 2. The predicted octanol–water partition coefficient (Wildman–Crippen LogP) is 1.03. The van der Waals surface area contributed by atoms with Crippen LogP contribution in [-0.2, 0) is 4.74 Å². The highest BCUT2D eigenvalue weighted by molar-refractivity contribution is 5.54. The second-order valence-corrected chi connectivity index (χ2v) is 5.06. The minimum atomic E-state index is -0.693. The van der Waals surface area contributed by atoms with Crippen LogP contribution < -0.4 is 4.90 Å². The van der Waals surface area contributed by atoms with Gasteiger partial charge in [0.15, 0.2) is 0 Å². The number of nitrogens with zero attached hydrogens (tertiary/aromatic N) is 1. The Morgan fingerprint density at radius 3 is 2.79 bits per heavy atom. The number of phenols is 1. The smallest absolute Gasteiger partial charge is 0.123 e. The zero-order valence-electron chi connectivity index (χ0n) is 11.3. The number of morpholine rings is 1. The second-order valence-electron chi connectivity index (χ2n) is 5.06. The molecule has 19 heavy (non-hydrogen) atoms. The highest BCUT2D eigenvalue weighted by Gasteiger charge is 2.26. The van der Waals surface area contributed by atoms with Crippen LogP contribution in [0.25, 0.3) is 0 Å². The normalized spacial score (nSPS) is 25.4. The molecule has 0 aromatic heterocycles. The molecule has 3 atom stereocenters. The Labute approximate surface area is 113 Å². The maximum Gasteiger partial charge on any atom is 0.123 e. The highest BCUT2D eigenvalue weighted by atomic mass is 16.5. The molecule has 5 nitrogen and oxygen atoms in total. The SMILES string of the molecule is CC(O)c1ccc(N2CC(CO)OCC2C)cc1O. The third-order valence-electron chi connectivity index (χ3n) is 3.50. The first-order chi connectivity index (χ1) is 9.02. The third-order valence-corrected chi connectivity index (χ3v) is 3.50. The lowest BCUT2D eigenvalue weighted by atomic mass is 10.1. The van der Waals surface area contributed by atoms with Crippen molar-refractivity contribution in [2.24, 2.45) is 0 Å². The summed E-state index contributed by atoms with van der Waals surface area (Å²) >= 11 is 0. The van der Waals surface area contributed by atoms with E-state index in [0.717, 1.165) is 5.69 Å². The molecular formula is C14H21NO4. The van der Waals surface area contributed by atoms with Gasteiger partial charge in [-0.1, -0.05) is 6.07 Å². The molecule has 1 heterocycles. The van der Waals surface area contributed by atoms with E-state index < -0.39 is 6.10 Å². The molecule has 0 aliphatic carbocycles. The van der Waals surface area contributed by atoms with E-state index >= 15 is 0 Å². The van der Waals surface area contributed by atoms with Crippen LogP contribution in [0.4, 0.5) is 5.69 Å². The van der Waals surface area contributed by atoms with Crippen LogP contribution in [0.2, 0.25) is 0 Å². The molecule has 1 saturated heterocycles. The number of hydrogen-bond donors (Lipinski definition) is 3. The van der Waals surface area contributed by atoms with Crippen molar-refractivity contribution < 1.29 is 20.1 Å². The molecule has 1 aromatic rings. The summed E-state index contributed by atoms with van der Waals surface area (Å²) in [5.74, 6) is 0.0896. The summed E-state index contributed by atoms with van der Waals surface area (Å²) < 4.78 is 5.49. The molecule has 0 amide bonds. The lowest BCUT2D eigenvalue weighted by Crippen LogP contribution is -2.49. The van der Waals surface area contributed by atoms with Crippen molar-refractivity contribution in [2.45, 2.75) is 32.1 Å².